The molecular weight excluding hydrogens is 658 g/mol. The summed E-state index contributed by atoms with van der Waals surface area (Å²) >= 11 is 0. The molecule has 0 fully saturated rings. The van der Waals surface area contributed by atoms with Gasteiger partial charge in [0.1, 0.15) is 5.60 Å². The molecule has 0 aromatic rings. The molecular formula is C42H89N3O7. The van der Waals surface area contributed by atoms with Crippen LogP contribution in [0.2, 0.25) is 0 Å². The summed E-state index contributed by atoms with van der Waals surface area (Å²) in [5.41, 5.74) is -2.97. The van der Waals surface area contributed by atoms with Crippen LogP contribution in [0.3, 0.4) is 0 Å². The molecule has 0 saturated carbocycles. The summed E-state index contributed by atoms with van der Waals surface area (Å²) in [5, 5.41) is 38.9. The van der Waals surface area contributed by atoms with E-state index in [0.29, 0.717) is 0 Å². The molecule has 0 bridgehead atoms. The highest BCUT2D eigenvalue weighted by molar-refractivity contribution is 5.86. The van der Waals surface area contributed by atoms with Gasteiger partial charge < -0.3 is 49.5 Å². The van der Waals surface area contributed by atoms with E-state index < -0.39 is 36.4 Å². The SMILES string of the molecule is CCCCCCCCCC[NH+](C)C.CCCCCCCCCC[NH+](C)C.CCCCCCCCCC[NH+](C)C.O=C([O-])CC(O)(CC(=O)[O-])C(=O)[O-]. The van der Waals surface area contributed by atoms with Crippen LogP contribution in [0.5, 0.6) is 0 Å². The van der Waals surface area contributed by atoms with E-state index in [-0.39, 0.29) is 0 Å². The zero-order chi connectivity index (χ0) is 40.5. The number of aliphatic carboxylic acids is 3. The molecule has 0 saturated heterocycles. The number of carboxylic acids is 3. The minimum absolute atomic E-state index is 1.34. The molecule has 0 spiro atoms. The van der Waals surface area contributed by atoms with Gasteiger partial charge in [-0.1, -0.05) is 136 Å². The number of carbonyl (C=O) groups excluding carboxylic acids is 3. The molecule has 314 valence electrons. The van der Waals surface area contributed by atoms with Crippen LogP contribution in [0, 0.1) is 0 Å². The number of aliphatic hydroxyl groups is 1. The fourth-order valence-electron chi connectivity index (χ4n) is 5.52. The van der Waals surface area contributed by atoms with Gasteiger partial charge in [-0.25, -0.2) is 0 Å². The maximum Gasteiger partial charge on any atom is 0.114 e. The third-order valence-electron chi connectivity index (χ3n) is 8.84. The van der Waals surface area contributed by atoms with Crippen molar-refractivity contribution in [3.8, 4) is 0 Å². The molecule has 0 heterocycles. The van der Waals surface area contributed by atoms with Crippen molar-refractivity contribution in [3.05, 3.63) is 0 Å². The van der Waals surface area contributed by atoms with Crippen LogP contribution in [0.1, 0.15) is 188 Å². The van der Waals surface area contributed by atoms with E-state index in [2.05, 4.69) is 63.1 Å². The van der Waals surface area contributed by atoms with Crippen molar-refractivity contribution >= 4 is 17.9 Å². The highest BCUT2D eigenvalue weighted by atomic mass is 16.4. The van der Waals surface area contributed by atoms with E-state index in [1.165, 1.54) is 174 Å². The first-order chi connectivity index (χ1) is 24.6. The van der Waals surface area contributed by atoms with E-state index in [9.17, 15) is 29.7 Å². The standard InChI is InChI=1S/3C12H27N.C6H8O7/c3*1-4-5-6-7-8-9-10-11-12-13(2)3;7-3(8)1-6(13,5(11)12)2-4(9)10/h3*4-12H2,1-3H3;13H,1-2H2,(H,7,8)(H,9,10)(H,11,12). The Labute approximate surface area is 322 Å². The molecule has 10 nitrogen and oxygen atoms in total. The van der Waals surface area contributed by atoms with E-state index in [1.807, 2.05) is 0 Å². The van der Waals surface area contributed by atoms with E-state index >= 15 is 0 Å². The highest BCUT2D eigenvalue weighted by Crippen LogP contribution is 2.13. The van der Waals surface area contributed by atoms with E-state index in [1.54, 1.807) is 14.7 Å². The third-order valence-corrected chi connectivity index (χ3v) is 8.84. The predicted octanol–water partition coefficient (Wildman–Crippen LogP) is 1.56. The van der Waals surface area contributed by atoms with Gasteiger partial charge in [-0.05, 0) is 38.5 Å². The molecule has 0 unspecified atom stereocenters. The minimum atomic E-state index is -2.97. The minimum Gasteiger partial charge on any atom is -0.550 e. The lowest BCUT2D eigenvalue weighted by Gasteiger charge is -2.29. The van der Waals surface area contributed by atoms with Gasteiger partial charge in [0.2, 0.25) is 0 Å². The van der Waals surface area contributed by atoms with Crippen LogP contribution >= 0.6 is 0 Å². The second kappa shape index (κ2) is 43.7. The van der Waals surface area contributed by atoms with Gasteiger partial charge in [0, 0.05) is 24.8 Å². The normalized spacial score (nSPS) is 11.0. The van der Waals surface area contributed by atoms with Crippen LogP contribution in [0.4, 0.5) is 0 Å². The Kier molecular flexibility index (Phi) is 47.8. The van der Waals surface area contributed by atoms with Gasteiger partial charge in [0.15, 0.2) is 0 Å². The molecule has 0 aliphatic carbocycles. The van der Waals surface area contributed by atoms with Gasteiger partial charge in [-0.2, -0.15) is 0 Å². The largest absolute Gasteiger partial charge is 0.550 e. The summed E-state index contributed by atoms with van der Waals surface area (Å²) in [6.07, 6.45) is 31.7. The smallest absolute Gasteiger partial charge is 0.114 e. The molecule has 4 N–H and O–H groups in total. The Morgan fingerprint density at radius 1 is 0.404 bits per heavy atom. The molecule has 10 heteroatoms. The topological polar surface area (TPSA) is 154 Å². The Morgan fingerprint density at radius 3 is 0.750 bits per heavy atom. The molecule has 0 aromatic heterocycles. The fraction of sp³-hybridized carbons (Fsp3) is 0.929. The average Bonchev–Trinajstić information content (AvgIpc) is 3.04. The van der Waals surface area contributed by atoms with Gasteiger partial charge in [-0.3, -0.25) is 0 Å². The maximum absolute atomic E-state index is 10.1. The monoisotopic (exact) mass is 748 g/mol. The van der Waals surface area contributed by atoms with E-state index in [0.717, 1.165) is 0 Å². The number of hydrogen-bond donors (Lipinski definition) is 4. The summed E-state index contributed by atoms with van der Waals surface area (Å²) in [7, 11) is 13.4. The number of rotatable bonds is 32. The van der Waals surface area contributed by atoms with Crippen LogP contribution < -0.4 is 30.0 Å². The zero-order valence-corrected chi connectivity index (χ0v) is 35.9. The molecule has 0 rings (SSSR count). The van der Waals surface area contributed by atoms with Crippen molar-refractivity contribution in [1.29, 1.82) is 0 Å². The first-order valence-corrected chi connectivity index (χ1v) is 21.3. The average molecular weight is 748 g/mol. The lowest BCUT2D eigenvalue weighted by Crippen LogP contribution is -3.05. The number of unbranched alkanes of at least 4 members (excludes halogenated alkanes) is 21. The molecule has 0 radical (unpaired) electrons. The third kappa shape index (κ3) is 55.0. The Balaban J connectivity index is -0.000000295. The van der Waals surface area contributed by atoms with Gasteiger partial charge in [-0.15, -0.1) is 0 Å². The van der Waals surface area contributed by atoms with Crippen molar-refractivity contribution in [2.75, 3.05) is 61.9 Å². The second-order valence-electron chi connectivity index (χ2n) is 15.7. The fourth-order valence-corrected chi connectivity index (χ4v) is 5.52. The number of hydrogen-bond acceptors (Lipinski definition) is 7. The lowest BCUT2D eigenvalue weighted by atomic mass is 9.96. The number of nitrogens with one attached hydrogen (secondary N) is 3. The van der Waals surface area contributed by atoms with Crippen molar-refractivity contribution in [2.45, 2.75) is 193 Å². The number of carbonyl (C=O) groups is 3. The first-order valence-electron chi connectivity index (χ1n) is 21.3. The number of quaternary nitrogens is 3. The van der Waals surface area contributed by atoms with Crippen LogP contribution in [-0.2, 0) is 14.4 Å². The highest BCUT2D eigenvalue weighted by Gasteiger charge is 2.29. The summed E-state index contributed by atoms with van der Waals surface area (Å²) in [5.74, 6) is -5.98. The van der Waals surface area contributed by atoms with Gasteiger partial charge in [0.05, 0.1) is 67.9 Å². The van der Waals surface area contributed by atoms with E-state index in [4.69, 9.17) is 5.11 Å². The second-order valence-corrected chi connectivity index (χ2v) is 15.7. The molecule has 0 amide bonds. The van der Waals surface area contributed by atoms with Crippen molar-refractivity contribution < 1.29 is 49.5 Å². The van der Waals surface area contributed by atoms with Crippen LogP contribution in [0.15, 0.2) is 0 Å². The molecule has 0 aliphatic rings. The van der Waals surface area contributed by atoms with Crippen molar-refractivity contribution in [1.82, 2.24) is 0 Å². The zero-order valence-electron chi connectivity index (χ0n) is 35.9. The quantitative estimate of drug-likeness (QED) is 0.0763. The van der Waals surface area contributed by atoms with Gasteiger partial charge >= 0.3 is 0 Å². The maximum atomic E-state index is 10.1. The Morgan fingerprint density at radius 2 is 0.596 bits per heavy atom. The molecule has 0 atom stereocenters. The predicted molar refractivity (Wildman–Crippen MR) is 210 cm³/mol. The van der Waals surface area contributed by atoms with Crippen molar-refractivity contribution in [3.63, 3.8) is 0 Å². The summed E-state index contributed by atoms with van der Waals surface area (Å²) in [4.78, 5) is 34.8. The Hall–Kier alpha value is -1.75. The summed E-state index contributed by atoms with van der Waals surface area (Å²) < 4.78 is 0. The number of carboxylic acid groups (broad SMARTS) is 3. The summed E-state index contributed by atoms with van der Waals surface area (Å²) in [6, 6.07) is 0. The molecule has 0 aliphatic heterocycles. The Bertz CT molecular complexity index is 691. The van der Waals surface area contributed by atoms with Gasteiger partial charge in [0.25, 0.3) is 0 Å². The first kappa shape index (κ1) is 57.0. The van der Waals surface area contributed by atoms with Crippen molar-refractivity contribution in [2.24, 2.45) is 0 Å². The molecule has 52 heavy (non-hydrogen) atoms. The summed E-state index contributed by atoms with van der Waals surface area (Å²) in [6.45, 7) is 10.9. The lowest BCUT2D eigenvalue weighted by molar-refractivity contribution is -0.858. The van der Waals surface area contributed by atoms with Crippen LogP contribution in [-0.4, -0.2) is 90.5 Å². The molecule has 0 aromatic carbocycles. The van der Waals surface area contributed by atoms with Crippen LogP contribution in [0.25, 0.3) is 0 Å².